The average Bonchev–Trinajstić information content (AvgIpc) is 3.63. The standard InChI is InChI=1S/C39H24N2S/c1-2-9-25(10-3-1)26-16-18-28(19-17-26)41-36-14-6-4-11-29(36)33-23-32-27(22-37(33)41)21-34(39-31(32)13-8-20-40-39)35-24-42-38-15-7-5-12-30(35)38/h1-24H. The molecular formula is C39H24N2S. The van der Waals surface area contributed by atoms with Crippen molar-refractivity contribution >= 4 is 64.9 Å². The van der Waals surface area contributed by atoms with Gasteiger partial charge in [0.05, 0.1) is 16.6 Å². The van der Waals surface area contributed by atoms with Gasteiger partial charge in [-0.2, -0.15) is 0 Å². The van der Waals surface area contributed by atoms with Crippen molar-refractivity contribution in [1.29, 1.82) is 0 Å². The highest BCUT2D eigenvalue weighted by Crippen LogP contribution is 2.42. The second kappa shape index (κ2) is 9.13. The van der Waals surface area contributed by atoms with Crippen LogP contribution < -0.4 is 0 Å². The molecule has 0 unspecified atom stereocenters. The molecule has 0 aliphatic heterocycles. The maximum Gasteiger partial charge on any atom is 0.0787 e. The predicted octanol–water partition coefficient (Wildman–Crippen LogP) is 11.0. The van der Waals surface area contributed by atoms with Gasteiger partial charge in [-0.1, -0.05) is 84.9 Å². The summed E-state index contributed by atoms with van der Waals surface area (Å²) >= 11 is 1.80. The van der Waals surface area contributed by atoms with Crippen LogP contribution in [0.15, 0.2) is 145 Å². The Morgan fingerprint density at radius 2 is 1.24 bits per heavy atom. The predicted molar refractivity (Wildman–Crippen MR) is 180 cm³/mol. The van der Waals surface area contributed by atoms with Crippen LogP contribution >= 0.6 is 11.3 Å². The molecule has 0 saturated heterocycles. The Morgan fingerprint density at radius 1 is 0.500 bits per heavy atom. The maximum atomic E-state index is 4.92. The minimum atomic E-state index is 1.05. The minimum Gasteiger partial charge on any atom is -0.309 e. The van der Waals surface area contributed by atoms with Crippen LogP contribution in [0.3, 0.4) is 0 Å². The number of nitrogens with zero attached hydrogens (tertiary/aromatic N) is 2. The Bertz CT molecular complexity index is 2450. The Balaban J connectivity index is 1.34. The molecule has 3 heterocycles. The average molecular weight is 553 g/mol. The lowest BCUT2D eigenvalue weighted by atomic mass is 9.95. The number of pyridine rings is 1. The lowest BCUT2D eigenvalue weighted by molar-refractivity contribution is 1.18. The van der Waals surface area contributed by atoms with Gasteiger partial charge in [-0.15, -0.1) is 11.3 Å². The summed E-state index contributed by atoms with van der Waals surface area (Å²) < 4.78 is 3.71. The van der Waals surface area contributed by atoms with Crippen molar-refractivity contribution in [2.45, 2.75) is 0 Å². The molecule has 0 aliphatic carbocycles. The highest BCUT2D eigenvalue weighted by Gasteiger charge is 2.17. The topological polar surface area (TPSA) is 17.8 Å². The van der Waals surface area contributed by atoms with E-state index in [2.05, 4.69) is 143 Å². The molecule has 3 heteroatoms. The zero-order valence-electron chi connectivity index (χ0n) is 22.7. The molecule has 196 valence electrons. The lowest BCUT2D eigenvalue weighted by Gasteiger charge is -2.12. The molecule has 6 aromatic carbocycles. The summed E-state index contributed by atoms with van der Waals surface area (Å²) in [5.41, 5.74) is 9.51. The number of para-hydroxylation sites is 1. The molecule has 0 amide bonds. The van der Waals surface area contributed by atoms with Gasteiger partial charge in [-0.05, 0) is 75.8 Å². The maximum absolute atomic E-state index is 4.92. The van der Waals surface area contributed by atoms with E-state index in [9.17, 15) is 0 Å². The lowest BCUT2D eigenvalue weighted by Crippen LogP contribution is -1.94. The van der Waals surface area contributed by atoms with Gasteiger partial charge < -0.3 is 4.57 Å². The van der Waals surface area contributed by atoms with E-state index >= 15 is 0 Å². The zero-order chi connectivity index (χ0) is 27.6. The summed E-state index contributed by atoms with van der Waals surface area (Å²) in [7, 11) is 0. The van der Waals surface area contributed by atoms with Crippen LogP contribution in [0.25, 0.3) is 81.5 Å². The summed E-state index contributed by atoms with van der Waals surface area (Å²) in [6.07, 6.45) is 1.91. The van der Waals surface area contributed by atoms with Crippen LogP contribution in [-0.4, -0.2) is 9.55 Å². The van der Waals surface area contributed by atoms with Crippen molar-refractivity contribution < 1.29 is 0 Å². The largest absolute Gasteiger partial charge is 0.309 e. The van der Waals surface area contributed by atoms with Crippen molar-refractivity contribution in [2.75, 3.05) is 0 Å². The van der Waals surface area contributed by atoms with E-state index < -0.39 is 0 Å². The van der Waals surface area contributed by atoms with E-state index in [0.717, 1.165) is 11.2 Å². The summed E-state index contributed by atoms with van der Waals surface area (Å²) in [5.74, 6) is 0. The fraction of sp³-hybridized carbons (Fsp3) is 0. The molecule has 9 aromatic rings. The minimum absolute atomic E-state index is 1.05. The summed E-state index contributed by atoms with van der Waals surface area (Å²) in [4.78, 5) is 4.92. The van der Waals surface area contributed by atoms with E-state index in [1.165, 1.54) is 70.3 Å². The van der Waals surface area contributed by atoms with Gasteiger partial charge in [-0.25, -0.2) is 0 Å². The summed E-state index contributed by atoms with van der Waals surface area (Å²) in [6.45, 7) is 0. The number of benzene rings is 6. The van der Waals surface area contributed by atoms with Gasteiger partial charge in [0, 0.05) is 49.3 Å². The molecule has 0 radical (unpaired) electrons. The van der Waals surface area contributed by atoms with E-state index in [1.807, 2.05) is 6.20 Å². The van der Waals surface area contributed by atoms with E-state index in [-0.39, 0.29) is 0 Å². The first kappa shape index (κ1) is 23.5. The van der Waals surface area contributed by atoms with E-state index in [4.69, 9.17) is 4.98 Å². The van der Waals surface area contributed by atoms with Crippen LogP contribution in [0.4, 0.5) is 0 Å². The highest BCUT2D eigenvalue weighted by atomic mass is 32.1. The van der Waals surface area contributed by atoms with Crippen LogP contribution in [0.2, 0.25) is 0 Å². The Kier molecular flexibility index (Phi) is 5.10. The van der Waals surface area contributed by atoms with E-state index in [1.54, 1.807) is 11.3 Å². The molecule has 0 aliphatic rings. The first-order chi connectivity index (χ1) is 20.8. The molecule has 0 N–H and O–H groups in total. The third-order valence-electron chi connectivity index (χ3n) is 8.50. The van der Waals surface area contributed by atoms with Gasteiger partial charge in [0.15, 0.2) is 0 Å². The Labute approximate surface area is 246 Å². The Morgan fingerprint density at radius 3 is 2.12 bits per heavy atom. The second-order valence-corrected chi connectivity index (χ2v) is 11.7. The number of thiophene rings is 1. The van der Waals surface area contributed by atoms with Crippen LogP contribution in [-0.2, 0) is 0 Å². The molecule has 0 fully saturated rings. The van der Waals surface area contributed by atoms with Gasteiger partial charge >= 0.3 is 0 Å². The normalized spacial score (nSPS) is 11.8. The quantitative estimate of drug-likeness (QED) is 0.199. The molecule has 3 aromatic heterocycles. The van der Waals surface area contributed by atoms with Crippen molar-refractivity contribution in [2.24, 2.45) is 0 Å². The molecule has 0 atom stereocenters. The van der Waals surface area contributed by atoms with Crippen molar-refractivity contribution in [3.8, 4) is 27.9 Å². The zero-order valence-corrected chi connectivity index (χ0v) is 23.5. The molecule has 0 bridgehead atoms. The first-order valence-corrected chi connectivity index (χ1v) is 15.1. The number of aromatic nitrogens is 2. The van der Waals surface area contributed by atoms with Gasteiger partial charge in [0.2, 0.25) is 0 Å². The van der Waals surface area contributed by atoms with Gasteiger partial charge in [-0.3, -0.25) is 4.98 Å². The number of hydrogen-bond donors (Lipinski definition) is 0. The molecule has 0 saturated carbocycles. The second-order valence-electron chi connectivity index (χ2n) is 10.8. The Hall–Kier alpha value is -5.25. The van der Waals surface area contributed by atoms with E-state index in [0.29, 0.717) is 0 Å². The van der Waals surface area contributed by atoms with Crippen molar-refractivity contribution in [3.05, 3.63) is 145 Å². The third kappa shape index (κ3) is 3.47. The van der Waals surface area contributed by atoms with Crippen molar-refractivity contribution in [3.63, 3.8) is 0 Å². The van der Waals surface area contributed by atoms with Crippen LogP contribution in [0.1, 0.15) is 0 Å². The molecular weight excluding hydrogens is 529 g/mol. The number of fused-ring (bicyclic) bond motifs is 7. The van der Waals surface area contributed by atoms with Crippen molar-refractivity contribution in [1.82, 2.24) is 9.55 Å². The first-order valence-electron chi connectivity index (χ1n) is 14.2. The SMILES string of the molecule is c1ccc(-c2ccc(-n3c4ccccc4c4cc5c(cc(-c6csc7ccccc67)c6ncccc65)cc43)cc2)cc1. The smallest absolute Gasteiger partial charge is 0.0787 e. The van der Waals surface area contributed by atoms with Gasteiger partial charge in [0.1, 0.15) is 0 Å². The highest BCUT2D eigenvalue weighted by molar-refractivity contribution is 7.17. The molecule has 0 spiro atoms. The number of hydrogen-bond acceptors (Lipinski definition) is 2. The summed E-state index contributed by atoms with van der Waals surface area (Å²) in [5, 5.41) is 9.71. The summed E-state index contributed by atoms with van der Waals surface area (Å²) in [6, 6.07) is 48.3. The van der Waals surface area contributed by atoms with Crippen LogP contribution in [0, 0.1) is 0 Å². The monoisotopic (exact) mass is 552 g/mol. The number of rotatable bonds is 3. The molecule has 42 heavy (non-hydrogen) atoms. The fourth-order valence-corrected chi connectivity index (χ4v) is 7.51. The third-order valence-corrected chi connectivity index (χ3v) is 9.46. The molecule has 2 nitrogen and oxygen atoms in total. The van der Waals surface area contributed by atoms with Gasteiger partial charge in [0.25, 0.3) is 0 Å². The fourth-order valence-electron chi connectivity index (χ4n) is 6.55. The van der Waals surface area contributed by atoms with Crippen LogP contribution in [0.5, 0.6) is 0 Å². The molecule has 9 rings (SSSR count).